The number of esters is 1. The molecule has 0 N–H and O–H groups in total. The summed E-state index contributed by atoms with van der Waals surface area (Å²) in [6.45, 7) is 2.46. The van der Waals surface area contributed by atoms with Gasteiger partial charge in [-0.3, -0.25) is 4.79 Å². The summed E-state index contributed by atoms with van der Waals surface area (Å²) in [6, 6.07) is 10.7. The molecule has 0 spiro atoms. The lowest BCUT2D eigenvalue weighted by atomic mass is 10.1. The maximum Gasteiger partial charge on any atom is 0.349 e. The fourth-order valence-corrected chi connectivity index (χ4v) is 2.85. The molecule has 1 aromatic carbocycles. The van der Waals surface area contributed by atoms with Crippen LogP contribution in [0.1, 0.15) is 18.1 Å². The quantitative estimate of drug-likeness (QED) is 0.396. The first kappa shape index (κ1) is 20.2. The monoisotopic (exact) mass is 384 g/mol. The molecular formula is C20H20N2O4S. The molecule has 0 radical (unpaired) electrons. The van der Waals surface area contributed by atoms with E-state index in [-0.39, 0.29) is 11.5 Å². The van der Waals surface area contributed by atoms with E-state index in [1.165, 1.54) is 11.0 Å². The Bertz CT molecular complexity index is 836. The van der Waals surface area contributed by atoms with Crippen LogP contribution in [0.3, 0.4) is 0 Å². The normalized spacial score (nSPS) is 10.8. The number of hydrogen-bond donors (Lipinski definition) is 0. The van der Waals surface area contributed by atoms with Gasteiger partial charge in [0.2, 0.25) is 0 Å². The third kappa shape index (κ3) is 6.28. The minimum Gasteiger partial charge on any atom is -0.494 e. The van der Waals surface area contributed by atoms with Gasteiger partial charge in [-0.25, -0.2) is 4.79 Å². The molecule has 0 unspecified atom stereocenters. The lowest BCUT2D eigenvalue weighted by Gasteiger charge is -2.16. The minimum atomic E-state index is -0.830. The number of carbonyl (C=O) groups excluding carboxylic acids is 2. The van der Waals surface area contributed by atoms with Crippen LogP contribution in [-0.4, -0.2) is 37.0 Å². The lowest BCUT2D eigenvalue weighted by Crippen LogP contribution is -2.30. The summed E-state index contributed by atoms with van der Waals surface area (Å²) in [5.41, 5.74) is 1.50. The number of likely N-dealkylation sites (N-methyl/N-ethyl adjacent to an activating group) is 1. The smallest absolute Gasteiger partial charge is 0.349 e. The van der Waals surface area contributed by atoms with Crippen LogP contribution < -0.4 is 4.74 Å². The van der Waals surface area contributed by atoms with E-state index in [9.17, 15) is 14.9 Å². The van der Waals surface area contributed by atoms with E-state index in [1.54, 1.807) is 42.6 Å². The fourth-order valence-electron chi connectivity index (χ4n) is 2.19. The van der Waals surface area contributed by atoms with Crippen molar-refractivity contribution >= 4 is 29.3 Å². The zero-order valence-corrected chi connectivity index (χ0v) is 16.0. The van der Waals surface area contributed by atoms with Crippen LogP contribution in [0.15, 0.2) is 46.7 Å². The van der Waals surface area contributed by atoms with Gasteiger partial charge in [-0.05, 0) is 53.1 Å². The number of nitrogens with zero attached hydrogens (tertiary/aromatic N) is 2. The van der Waals surface area contributed by atoms with E-state index in [0.717, 1.165) is 5.56 Å². The van der Waals surface area contributed by atoms with Crippen LogP contribution in [0.4, 0.5) is 0 Å². The zero-order valence-electron chi connectivity index (χ0n) is 15.2. The van der Waals surface area contributed by atoms with Crippen molar-refractivity contribution < 1.29 is 19.1 Å². The van der Waals surface area contributed by atoms with Crippen LogP contribution in [0.2, 0.25) is 0 Å². The maximum atomic E-state index is 12.1. The van der Waals surface area contributed by atoms with Crippen molar-refractivity contribution in [2.75, 3.05) is 20.3 Å². The number of ether oxygens (including phenoxy) is 2. The molecule has 0 aliphatic heterocycles. The van der Waals surface area contributed by atoms with E-state index >= 15 is 0 Å². The number of benzene rings is 1. The summed E-state index contributed by atoms with van der Waals surface area (Å²) >= 11 is 1.55. The molecule has 2 aromatic rings. The van der Waals surface area contributed by atoms with Gasteiger partial charge in [-0.1, -0.05) is 12.1 Å². The van der Waals surface area contributed by atoms with Crippen molar-refractivity contribution in [2.24, 2.45) is 0 Å². The third-order valence-corrected chi connectivity index (χ3v) is 4.33. The van der Waals surface area contributed by atoms with Crippen molar-refractivity contribution in [3.63, 3.8) is 0 Å². The molecule has 2 rings (SSSR count). The first-order valence-electron chi connectivity index (χ1n) is 8.30. The second kappa shape index (κ2) is 10.1. The van der Waals surface area contributed by atoms with Crippen molar-refractivity contribution in [3.05, 3.63) is 57.8 Å². The van der Waals surface area contributed by atoms with Gasteiger partial charge in [-0.15, -0.1) is 0 Å². The number of thiophene rings is 1. The van der Waals surface area contributed by atoms with Crippen LogP contribution >= 0.6 is 11.3 Å². The Morgan fingerprint density at radius 2 is 2.00 bits per heavy atom. The Morgan fingerprint density at radius 1 is 1.26 bits per heavy atom. The Balaban J connectivity index is 1.92. The molecule has 7 heteroatoms. The fraction of sp³-hybridized carbons (Fsp3) is 0.250. The topological polar surface area (TPSA) is 79.6 Å². The average Bonchev–Trinajstić information content (AvgIpc) is 3.18. The van der Waals surface area contributed by atoms with Crippen LogP contribution in [0, 0.1) is 11.3 Å². The van der Waals surface area contributed by atoms with E-state index in [2.05, 4.69) is 0 Å². The van der Waals surface area contributed by atoms with Crippen LogP contribution in [0.25, 0.3) is 6.08 Å². The highest BCUT2D eigenvalue weighted by Crippen LogP contribution is 2.15. The van der Waals surface area contributed by atoms with Gasteiger partial charge in [0.25, 0.3) is 5.91 Å². The molecule has 1 aromatic heterocycles. The van der Waals surface area contributed by atoms with Crippen molar-refractivity contribution in [1.29, 1.82) is 5.26 Å². The average molecular weight is 384 g/mol. The molecule has 0 atom stereocenters. The Hall–Kier alpha value is -3.11. The molecule has 140 valence electrons. The van der Waals surface area contributed by atoms with E-state index < -0.39 is 12.6 Å². The van der Waals surface area contributed by atoms with Gasteiger partial charge >= 0.3 is 5.97 Å². The SMILES string of the molecule is CCOc1ccc(/C=C(\C#N)C(=O)OCC(=O)N(C)Cc2ccsc2)cc1. The summed E-state index contributed by atoms with van der Waals surface area (Å²) in [7, 11) is 1.63. The second-order valence-corrected chi connectivity index (χ2v) is 6.41. The molecule has 0 aliphatic rings. The Morgan fingerprint density at radius 3 is 2.59 bits per heavy atom. The summed E-state index contributed by atoms with van der Waals surface area (Å²) in [4.78, 5) is 25.6. The van der Waals surface area contributed by atoms with E-state index in [0.29, 0.717) is 24.5 Å². The second-order valence-electron chi connectivity index (χ2n) is 5.63. The summed E-state index contributed by atoms with van der Waals surface area (Å²) in [5, 5.41) is 13.1. The summed E-state index contributed by atoms with van der Waals surface area (Å²) in [6.07, 6.45) is 1.41. The van der Waals surface area contributed by atoms with E-state index in [1.807, 2.05) is 29.8 Å². The summed E-state index contributed by atoms with van der Waals surface area (Å²) < 4.78 is 10.3. The third-order valence-electron chi connectivity index (χ3n) is 3.59. The number of rotatable bonds is 8. The standard InChI is InChI=1S/C20H20N2O4S/c1-3-25-18-6-4-15(5-7-18)10-17(11-21)20(24)26-13-19(23)22(2)12-16-8-9-27-14-16/h4-10,14H,3,12-13H2,1-2H3/b17-10+. The molecule has 0 aliphatic carbocycles. The maximum absolute atomic E-state index is 12.1. The van der Waals surface area contributed by atoms with Gasteiger partial charge in [0.1, 0.15) is 17.4 Å². The Kier molecular flexibility index (Phi) is 7.59. The molecule has 6 nitrogen and oxygen atoms in total. The first-order valence-corrected chi connectivity index (χ1v) is 9.24. The predicted octanol–water partition coefficient (Wildman–Crippen LogP) is 3.26. The molecule has 1 heterocycles. The molecule has 0 saturated heterocycles. The van der Waals surface area contributed by atoms with E-state index in [4.69, 9.17) is 9.47 Å². The molecule has 0 bridgehead atoms. The van der Waals surface area contributed by atoms with Gasteiger partial charge in [0, 0.05) is 13.6 Å². The largest absolute Gasteiger partial charge is 0.494 e. The lowest BCUT2D eigenvalue weighted by molar-refractivity contribution is -0.148. The highest BCUT2D eigenvalue weighted by atomic mass is 32.1. The molecule has 0 fully saturated rings. The first-order chi connectivity index (χ1) is 13.0. The Labute approximate surface area is 162 Å². The number of amides is 1. The van der Waals surface area contributed by atoms with Gasteiger partial charge < -0.3 is 14.4 Å². The minimum absolute atomic E-state index is 0.174. The zero-order chi connectivity index (χ0) is 19.6. The highest BCUT2D eigenvalue weighted by Gasteiger charge is 2.16. The van der Waals surface area contributed by atoms with Crippen molar-refractivity contribution in [1.82, 2.24) is 4.90 Å². The van der Waals surface area contributed by atoms with Gasteiger partial charge in [0.05, 0.1) is 6.61 Å². The van der Waals surface area contributed by atoms with Crippen molar-refractivity contribution in [3.8, 4) is 11.8 Å². The van der Waals surface area contributed by atoms with Gasteiger partial charge in [-0.2, -0.15) is 16.6 Å². The van der Waals surface area contributed by atoms with Crippen LogP contribution in [0.5, 0.6) is 5.75 Å². The summed E-state index contributed by atoms with van der Waals surface area (Å²) in [5.74, 6) is -0.466. The molecule has 1 amide bonds. The highest BCUT2D eigenvalue weighted by molar-refractivity contribution is 7.07. The predicted molar refractivity (Wildman–Crippen MR) is 103 cm³/mol. The number of nitriles is 1. The number of hydrogen-bond acceptors (Lipinski definition) is 6. The van der Waals surface area contributed by atoms with Crippen LogP contribution in [-0.2, 0) is 20.9 Å². The molecular weight excluding hydrogens is 364 g/mol. The molecule has 27 heavy (non-hydrogen) atoms. The molecule has 0 saturated carbocycles. The number of carbonyl (C=O) groups is 2. The van der Waals surface area contributed by atoms with Crippen molar-refractivity contribution in [2.45, 2.75) is 13.5 Å². The van der Waals surface area contributed by atoms with Gasteiger partial charge in [0.15, 0.2) is 6.61 Å².